The molecule has 4 aromatic carbocycles. The van der Waals surface area contributed by atoms with Gasteiger partial charge in [-0.3, -0.25) is 0 Å². The van der Waals surface area contributed by atoms with Crippen LogP contribution >= 0.6 is 0 Å². The minimum atomic E-state index is -0.280. The van der Waals surface area contributed by atoms with E-state index in [1.54, 1.807) is 10.7 Å². The molecule has 2 unspecified atom stereocenters. The summed E-state index contributed by atoms with van der Waals surface area (Å²) < 4.78 is 30.1. The highest BCUT2D eigenvalue weighted by Gasteiger charge is 2.16. The van der Waals surface area contributed by atoms with Crippen molar-refractivity contribution < 1.29 is 13.9 Å². The molecule has 0 fully saturated rings. The third-order valence-electron chi connectivity index (χ3n) is 10.2. The fraction of sp³-hybridized carbons (Fsp3) is 0.435. The molecule has 1 aromatic heterocycles. The quantitative estimate of drug-likeness (QED) is 0.0810. The Labute approximate surface area is 311 Å². The van der Waals surface area contributed by atoms with Crippen LogP contribution in [0.4, 0.5) is 4.39 Å². The summed E-state index contributed by atoms with van der Waals surface area (Å²) in [6, 6.07) is 28.2. The second-order valence-corrected chi connectivity index (χ2v) is 14.2. The minimum absolute atomic E-state index is 0.280. The highest BCUT2D eigenvalue weighted by atomic mass is 19.1. The highest BCUT2D eigenvalue weighted by molar-refractivity contribution is 5.82. The van der Waals surface area contributed by atoms with Crippen LogP contribution in [0.3, 0.4) is 0 Å². The molecule has 6 heteroatoms. The molecule has 2 atom stereocenters. The molecule has 5 nitrogen and oxygen atoms in total. The molecule has 0 aliphatic rings. The molecule has 0 saturated heterocycles. The lowest BCUT2D eigenvalue weighted by atomic mass is 9.92. The zero-order valence-electron chi connectivity index (χ0n) is 32.3. The Morgan fingerprint density at radius 2 is 1.10 bits per heavy atom. The van der Waals surface area contributed by atoms with Crippen LogP contribution in [0.25, 0.3) is 44.8 Å². The van der Waals surface area contributed by atoms with Crippen molar-refractivity contribution in [3.05, 3.63) is 96.6 Å². The molecular weight excluding hydrogens is 646 g/mol. The molecule has 52 heavy (non-hydrogen) atoms. The van der Waals surface area contributed by atoms with Crippen LogP contribution in [0.2, 0.25) is 0 Å². The van der Waals surface area contributed by atoms with Gasteiger partial charge in [-0.1, -0.05) is 97.4 Å². The van der Waals surface area contributed by atoms with E-state index in [9.17, 15) is 0 Å². The standard InChI is InChI=1S/C46H58FN3O2/c1-7-12-15-33(10-4)31-51-41-22-17-35(18-23-41)38-27-39(36-19-24-42(25-20-36)52-32-34(11-5)16-13-8-2)29-40(28-38)43-30-37(21-26-44(43)47)46-48-45(14-9-3)49-50(46)6/h17-30,33-34H,7-16,31-32H2,1-6H3. The molecule has 0 spiro atoms. The number of aryl methyl sites for hydroxylation is 2. The van der Waals surface area contributed by atoms with Gasteiger partial charge in [-0.05, 0) is 120 Å². The maximum atomic E-state index is 15.8. The SMILES string of the molecule is CCCCC(CC)COc1ccc(-c2cc(-c3ccc(OCC(CC)CCCC)cc3)cc(-c3cc(-c4nc(CCC)nn4C)ccc3F)c2)cc1. The van der Waals surface area contributed by atoms with Gasteiger partial charge in [-0.15, -0.1) is 0 Å². The maximum absolute atomic E-state index is 15.8. The van der Waals surface area contributed by atoms with E-state index in [1.165, 1.54) is 44.6 Å². The van der Waals surface area contributed by atoms with E-state index in [4.69, 9.17) is 14.5 Å². The van der Waals surface area contributed by atoms with Crippen molar-refractivity contribution in [1.82, 2.24) is 14.8 Å². The van der Waals surface area contributed by atoms with E-state index >= 15 is 4.39 Å². The number of aromatic nitrogens is 3. The minimum Gasteiger partial charge on any atom is -0.493 e. The van der Waals surface area contributed by atoms with Crippen LogP contribution in [0.5, 0.6) is 11.5 Å². The van der Waals surface area contributed by atoms with E-state index in [0.717, 1.165) is 95.4 Å². The van der Waals surface area contributed by atoms with E-state index < -0.39 is 0 Å². The molecule has 0 saturated carbocycles. The fourth-order valence-electron chi connectivity index (χ4n) is 6.73. The first-order chi connectivity index (χ1) is 25.3. The Kier molecular flexibility index (Phi) is 14.5. The van der Waals surface area contributed by atoms with Crippen LogP contribution in [-0.2, 0) is 13.5 Å². The third kappa shape index (κ3) is 10.3. The van der Waals surface area contributed by atoms with Crippen molar-refractivity contribution in [2.24, 2.45) is 18.9 Å². The molecule has 276 valence electrons. The summed E-state index contributed by atoms with van der Waals surface area (Å²) in [5.41, 5.74) is 6.24. The van der Waals surface area contributed by atoms with Gasteiger partial charge in [-0.25, -0.2) is 14.1 Å². The Bertz CT molecular complexity index is 1750. The number of rotatable bonds is 20. The molecule has 5 aromatic rings. The Hall–Kier alpha value is -4.45. The van der Waals surface area contributed by atoms with Gasteiger partial charge in [-0.2, -0.15) is 5.10 Å². The number of benzene rings is 4. The number of hydrogen-bond acceptors (Lipinski definition) is 4. The van der Waals surface area contributed by atoms with Gasteiger partial charge in [0.1, 0.15) is 17.3 Å². The largest absolute Gasteiger partial charge is 0.493 e. The topological polar surface area (TPSA) is 49.2 Å². The van der Waals surface area contributed by atoms with Crippen LogP contribution in [-0.4, -0.2) is 28.0 Å². The summed E-state index contributed by atoms with van der Waals surface area (Å²) in [6.07, 6.45) is 11.3. The van der Waals surface area contributed by atoms with Gasteiger partial charge in [0.2, 0.25) is 0 Å². The predicted molar refractivity (Wildman–Crippen MR) is 214 cm³/mol. The Morgan fingerprint density at radius 3 is 1.58 bits per heavy atom. The number of ether oxygens (including phenoxy) is 2. The second-order valence-electron chi connectivity index (χ2n) is 14.2. The summed E-state index contributed by atoms with van der Waals surface area (Å²) >= 11 is 0. The Morgan fingerprint density at radius 1 is 0.596 bits per heavy atom. The van der Waals surface area contributed by atoms with Gasteiger partial charge in [0.15, 0.2) is 11.6 Å². The molecule has 0 aliphatic carbocycles. The van der Waals surface area contributed by atoms with E-state index in [0.29, 0.717) is 17.4 Å². The third-order valence-corrected chi connectivity index (χ3v) is 10.2. The van der Waals surface area contributed by atoms with Crippen molar-refractivity contribution in [3.8, 4) is 56.3 Å². The molecule has 1 heterocycles. The van der Waals surface area contributed by atoms with Crippen molar-refractivity contribution in [2.75, 3.05) is 13.2 Å². The first-order valence-electron chi connectivity index (χ1n) is 19.7. The number of hydrogen-bond donors (Lipinski definition) is 0. The summed E-state index contributed by atoms with van der Waals surface area (Å²) in [5.74, 6) is 4.12. The second kappa shape index (κ2) is 19.4. The number of unbranched alkanes of at least 4 members (excludes halogenated alkanes) is 2. The molecule has 5 rings (SSSR count). The predicted octanol–water partition coefficient (Wildman–Crippen LogP) is 12.8. The van der Waals surface area contributed by atoms with Crippen LogP contribution in [0, 0.1) is 17.7 Å². The number of halogens is 1. The fourth-order valence-corrected chi connectivity index (χ4v) is 6.73. The molecule has 0 bridgehead atoms. The van der Waals surface area contributed by atoms with E-state index in [2.05, 4.69) is 82.2 Å². The summed E-state index contributed by atoms with van der Waals surface area (Å²) in [5, 5.41) is 4.60. The zero-order valence-corrected chi connectivity index (χ0v) is 32.3. The zero-order chi connectivity index (χ0) is 36.9. The van der Waals surface area contributed by atoms with Crippen LogP contribution in [0.15, 0.2) is 84.9 Å². The monoisotopic (exact) mass is 703 g/mol. The van der Waals surface area contributed by atoms with Crippen molar-refractivity contribution in [2.45, 2.75) is 98.8 Å². The maximum Gasteiger partial charge on any atom is 0.158 e. The highest BCUT2D eigenvalue weighted by Crippen LogP contribution is 2.36. The molecule has 0 aliphatic heterocycles. The van der Waals surface area contributed by atoms with Gasteiger partial charge in [0.05, 0.1) is 13.2 Å². The summed E-state index contributed by atoms with van der Waals surface area (Å²) in [6.45, 7) is 12.5. The average molecular weight is 704 g/mol. The molecule has 0 amide bonds. The van der Waals surface area contributed by atoms with Crippen LogP contribution < -0.4 is 9.47 Å². The van der Waals surface area contributed by atoms with E-state index in [1.807, 2.05) is 37.4 Å². The lowest BCUT2D eigenvalue weighted by Crippen LogP contribution is -2.11. The van der Waals surface area contributed by atoms with Gasteiger partial charge >= 0.3 is 0 Å². The molecule has 0 radical (unpaired) electrons. The van der Waals surface area contributed by atoms with Crippen LogP contribution in [0.1, 0.15) is 98.2 Å². The van der Waals surface area contributed by atoms with Crippen molar-refractivity contribution in [1.29, 1.82) is 0 Å². The first-order valence-corrected chi connectivity index (χ1v) is 19.7. The smallest absolute Gasteiger partial charge is 0.158 e. The summed E-state index contributed by atoms with van der Waals surface area (Å²) in [7, 11) is 1.89. The molecule has 0 N–H and O–H groups in total. The van der Waals surface area contributed by atoms with Gasteiger partial charge in [0, 0.05) is 24.6 Å². The molecular formula is C46H58FN3O2. The van der Waals surface area contributed by atoms with Crippen molar-refractivity contribution >= 4 is 0 Å². The lowest BCUT2D eigenvalue weighted by Gasteiger charge is -2.17. The van der Waals surface area contributed by atoms with Gasteiger partial charge in [0.25, 0.3) is 0 Å². The normalized spacial score (nSPS) is 12.5. The van der Waals surface area contributed by atoms with E-state index in [-0.39, 0.29) is 5.82 Å². The Balaban J connectivity index is 1.48. The number of nitrogens with zero attached hydrogens (tertiary/aromatic N) is 3. The summed E-state index contributed by atoms with van der Waals surface area (Å²) in [4.78, 5) is 4.78. The first kappa shape index (κ1) is 38.8. The van der Waals surface area contributed by atoms with Gasteiger partial charge < -0.3 is 9.47 Å². The average Bonchev–Trinajstić information content (AvgIpc) is 3.55. The van der Waals surface area contributed by atoms with Crippen molar-refractivity contribution in [3.63, 3.8) is 0 Å². The lowest BCUT2D eigenvalue weighted by molar-refractivity contribution is 0.233.